The highest BCUT2D eigenvalue weighted by atomic mass is 16.5. The number of aromatic nitrogens is 2. The molecule has 2 aromatic heterocycles. The lowest BCUT2D eigenvalue weighted by Crippen LogP contribution is -2.45. The summed E-state index contributed by atoms with van der Waals surface area (Å²) < 4.78 is 11.2. The van der Waals surface area contributed by atoms with E-state index >= 15 is 0 Å². The molecule has 1 amide bonds. The number of piperidine rings is 1. The van der Waals surface area contributed by atoms with E-state index in [1.54, 1.807) is 6.26 Å². The maximum Gasteiger partial charge on any atom is 0.238 e. The largest absolute Gasteiger partial charge is 0.460 e. The Kier molecular flexibility index (Phi) is 6.08. The number of fused-ring (bicyclic) bond motifs is 2. The summed E-state index contributed by atoms with van der Waals surface area (Å²) in [5.41, 5.74) is 2.31. The van der Waals surface area contributed by atoms with E-state index < -0.39 is 0 Å². The number of anilines is 1. The van der Waals surface area contributed by atoms with Crippen LogP contribution in [0.2, 0.25) is 0 Å². The van der Waals surface area contributed by atoms with Crippen LogP contribution in [-0.4, -0.2) is 47.1 Å². The summed E-state index contributed by atoms with van der Waals surface area (Å²) in [6, 6.07) is 16.2. The van der Waals surface area contributed by atoms with Gasteiger partial charge in [-0.05, 0) is 49.9 Å². The molecule has 0 radical (unpaired) electrons. The summed E-state index contributed by atoms with van der Waals surface area (Å²) in [4.78, 5) is 22.4. The number of aryl methyl sites for hydroxylation is 1. The summed E-state index contributed by atoms with van der Waals surface area (Å²) in [6.07, 6.45) is 7.35. The van der Waals surface area contributed by atoms with Gasteiger partial charge in [0, 0.05) is 42.4 Å². The first kappa shape index (κ1) is 22.0. The second kappa shape index (κ2) is 9.66. The number of hydrogen-bond acceptors (Lipinski definition) is 6. The quantitative estimate of drug-likeness (QED) is 0.390. The first-order valence-corrected chi connectivity index (χ1v) is 12.6. The first-order chi connectivity index (χ1) is 17.2. The van der Waals surface area contributed by atoms with Crippen LogP contribution in [0.4, 0.5) is 5.69 Å². The van der Waals surface area contributed by atoms with Crippen molar-refractivity contribution in [2.75, 3.05) is 31.1 Å². The van der Waals surface area contributed by atoms with Crippen molar-refractivity contribution in [1.82, 2.24) is 15.0 Å². The lowest BCUT2D eigenvalue weighted by molar-refractivity contribution is -0.119. The average molecular weight is 471 g/mol. The Morgan fingerprint density at radius 3 is 2.77 bits per heavy atom. The number of hydrogen-bond donors (Lipinski definition) is 0. The molecule has 4 heterocycles. The highest BCUT2D eigenvalue weighted by Gasteiger charge is 2.30. The van der Waals surface area contributed by atoms with Gasteiger partial charge in [-0.25, -0.2) is 0 Å². The molecule has 1 unspecified atom stereocenters. The fraction of sp³-hybridized carbons (Fsp3) is 0.393. The number of rotatable bonds is 6. The van der Waals surface area contributed by atoms with Crippen molar-refractivity contribution >= 4 is 22.4 Å². The van der Waals surface area contributed by atoms with Gasteiger partial charge >= 0.3 is 0 Å². The number of likely N-dealkylation sites (tertiary alicyclic amines) is 1. The molecule has 2 aliphatic rings. The molecule has 0 aliphatic carbocycles. The molecule has 0 bridgehead atoms. The van der Waals surface area contributed by atoms with Crippen molar-refractivity contribution in [3.8, 4) is 11.6 Å². The molecular formula is C28H30N4O3. The lowest BCUT2D eigenvalue weighted by Gasteiger charge is -2.38. The van der Waals surface area contributed by atoms with Crippen molar-refractivity contribution in [2.24, 2.45) is 5.92 Å². The van der Waals surface area contributed by atoms with Gasteiger partial charge in [-0.2, -0.15) is 4.98 Å². The van der Waals surface area contributed by atoms with E-state index in [2.05, 4.69) is 33.2 Å². The fourth-order valence-electron chi connectivity index (χ4n) is 5.51. The molecule has 4 aromatic rings. The van der Waals surface area contributed by atoms with Gasteiger partial charge in [0.2, 0.25) is 17.6 Å². The molecule has 1 atom stereocenters. The second-order valence-electron chi connectivity index (χ2n) is 9.73. The molecule has 180 valence electrons. The molecule has 1 fully saturated rings. The SMILES string of the molecule is O=C(CCc1nc(-c2occ3ccccc23)no1)N1CC(CN2CCCCC2)Cc2ccccc21. The molecule has 2 aromatic carbocycles. The molecule has 7 heteroatoms. The summed E-state index contributed by atoms with van der Waals surface area (Å²) in [5.74, 6) is 2.01. The van der Waals surface area contributed by atoms with Crippen LogP contribution >= 0.6 is 0 Å². The van der Waals surface area contributed by atoms with Gasteiger partial charge in [0.25, 0.3) is 0 Å². The number of furan rings is 1. The average Bonchev–Trinajstić information content (AvgIpc) is 3.54. The highest BCUT2D eigenvalue weighted by Crippen LogP contribution is 2.32. The summed E-state index contributed by atoms with van der Waals surface area (Å²) in [6.45, 7) is 4.18. The van der Waals surface area contributed by atoms with Crippen LogP contribution in [-0.2, 0) is 17.6 Å². The van der Waals surface area contributed by atoms with Crippen molar-refractivity contribution < 1.29 is 13.7 Å². The Hall–Kier alpha value is -3.45. The van der Waals surface area contributed by atoms with Crippen LogP contribution in [0.1, 0.15) is 37.1 Å². The predicted molar refractivity (Wildman–Crippen MR) is 134 cm³/mol. The summed E-state index contributed by atoms with van der Waals surface area (Å²) in [5, 5.41) is 6.04. The van der Waals surface area contributed by atoms with Crippen molar-refractivity contribution in [2.45, 2.75) is 38.5 Å². The van der Waals surface area contributed by atoms with Crippen molar-refractivity contribution in [3.05, 3.63) is 66.2 Å². The monoisotopic (exact) mass is 470 g/mol. The van der Waals surface area contributed by atoms with Crippen LogP contribution in [0.25, 0.3) is 22.4 Å². The lowest BCUT2D eigenvalue weighted by atomic mass is 9.91. The highest BCUT2D eigenvalue weighted by molar-refractivity contribution is 5.95. The molecule has 0 N–H and O–H groups in total. The van der Waals surface area contributed by atoms with Gasteiger partial charge in [0.05, 0.1) is 6.26 Å². The standard InChI is InChI=1S/C28H30N4O3/c33-26(13-12-25-29-28(30-35-25)27-23-10-4-2-9-22(23)19-34-27)32-18-20(17-31-14-6-1-7-15-31)16-21-8-3-5-11-24(21)32/h2-5,8-11,19-20H,1,6-7,12-18H2. The third-order valence-corrected chi connectivity index (χ3v) is 7.23. The molecular weight excluding hydrogens is 440 g/mol. The number of para-hydroxylation sites is 1. The molecule has 1 saturated heterocycles. The first-order valence-electron chi connectivity index (χ1n) is 12.6. The Labute approximate surface area is 204 Å². The third-order valence-electron chi connectivity index (χ3n) is 7.23. The van der Waals surface area contributed by atoms with Gasteiger partial charge in [0.15, 0.2) is 5.76 Å². The van der Waals surface area contributed by atoms with E-state index in [1.807, 2.05) is 35.2 Å². The number of carbonyl (C=O) groups excluding carboxylic acids is 1. The minimum Gasteiger partial charge on any atom is -0.460 e. The van der Waals surface area contributed by atoms with Crippen LogP contribution in [0, 0.1) is 5.92 Å². The van der Waals surface area contributed by atoms with E-state index in [1.165, 1.54) is 37.9 Å². The topological polar surface area (TPSA) is 75.6 Å². The van der Waals surface area contributed by atoms with Crippen molar-refractivity contribution in [3.63, 3.8) is 0 Å². The maximum absolute atomic E-state index is 13.4. The fourth-order valence-corrected chi connectivity index (χ4v) is 5.51. The molecule has 6 rings (SSSR count). The van der Waals surface area contributed by atoms with Gasteiger partial charge in [-0.3, -0.25) is 4.79 Å². The zero-order chi connectivity index (χ0) is 23.6. The molecule has 2 aliphatic heterocycles. The zero-order valence-corrected chi connectivity index (χ0v) is 19.9. The Morgan fingerprint density at radius 1 is 1.03 bits per heavy atom. The summed E-state index contributed by atoms with van der Waals surface area (Å²) in [7, 11) is 0. The number of nitrogens with zero attached hydrogens (tertiary/aromatic N) is 4. The van der Waals surface area contributed by atoms with Crippen molar-refractivity contribution in [1.29, 1.82) is 0 Å². The Morgan fingerprint density at radius 2 is 1.86 bits per heavy atom. The van der Waals surface area contributed by atoms with E-state index in [4.69, 9.17) is 8.94 Å². The number of amides is 1. The second-order valence-corrected chi connectivity index (χ2v) is 9.73. The van der Waals surface area contributed by atoms with Crippen LogP contribution < -0.4 is 4.90 Å². The number of benzene rings is 2. The number of carbonyl (C=O) groups is 1. The van der Waals surface area contributed by atoms with Crippen LogP contribution in [0.5, 0.6) is 0 Å². The minimum atomic E-state index is 0.101. The molecule has 0 spiro atoms. The summed E-state index contributed by atoms with van der Waals surface area (Å²) >= 11 is 0. The predicted octanol–water partition coefficient (Wildman–Crippen LogP) is 5.11. The van der Waals surface area contributed by atoms with Gasteiger partial charge in [0.1, 0.15) is 0 Å². The van der Waals surface area contributed by atoms with Crippen LogP contribution in [0.15, 0.2) is 63.7 Å². The van der Waals surface area contributed by atoms with E-state index in [0.717, 1.165) is 36.0 Å². The maximum atomic E-state index is 13.4. The normalized spacial score (nSPS) is 18.6. The van der Waals surface area contributed by atoms with E-state index in [-0.39, 0.29) is 5.91 Å². The molecule has 7 nitrogen and oxygen atoms in total. The molecule has 0 saturated carbocycles. The van der Waals surface area contributed by atoms with Gasteiger partial charge < -0.3 is 18.7 Å². The Balaban J connectivity index is 1.14. The van der Waals surface area contributed by atoms with E-state index in [0.29, 0.717) is 36.2 Å². The third kappa shape index (κ3) is 4.60. The van der Waals surface area contributed by atoms with E-state index in [9.17, 15) is 4.79 Å². The van der Waals surface area contributed by atoms with Crippen LogP contribution in [0.3, 0.4) is 0 Å². The zero-order valence-electron chi connectivity index (χ0n) is 19.9. The Bertz CT molecular complexity index is 1320. The minimum absolute atomic E-state index is 0.101. The van der Waals surface area contributed by atoms with Gasteiger partial charge in [-0.1, -0.05) is 54.0 Å². The molecule has 35 heavy (non-hydrogen) atoms. The van der Waals surface area contributed by atoms with Gasteiger partial charge in [-0.15, -0.1) is 0 Å². The smallest absolute Gasteiger partial charge is 0.238 e.